The molecule has 0 bridgehead atoms. The van der Waals surface area contributed by atoms with E-state index in [1.807, 2.05) is 20.8 Å². The first-order valence-electron chi connectivity index (χ1n) is 7.52. The van der Waals surface area contributed by atoms with E-state index in [0.29, 0.717) is 30.0 Å². The second kappa shape index (κ2) is 8.41. The van der Waals surface area contributed by atoms with Gasteiger partial charge < -0.3 is 19.5 Å². The highest BCUT2D eigenvalue weighted by Gasteiger charge is 2.21. The summed E-state index contributed by atoms with van der Waals surface area (Å²) in [5, 5.41) is 2.97. The van der Waals surface area contributed by atoms with Crippen LogP contribution in [0.2, 0.25) is 0 Å². The Kier molecular flexibility index (Phi) is 6.88. The Bertz CT molecular complexity index is 548. The maximum absolute atomic E-state index is 12.3. The molecule has 1 rings (SSSR count). The molecule has 0 radical (unpaired) electrons. The highest BCUT2D eigenvalue weighted by atomic mass is 16.6. The zero-order valence-corrected chi connectivity index (χ0v) is 14.4. The van der Waals surface area contributed by atoms with Gasteiger partial charge in [-0.25, -0.2) is 4.79 Å². The number of benzene rings is 1. The van der Waals surface area contributed by atoms with Crippen molar-refractivity contribution >= 4 is 17.6 Å². The second-order valence-electron chi connectivity index (χ2n) is 5.96. The number of ether oxygens (including phenoxy) is 3. The van der Waals surface area contributed by atoms with Gasteiger partial charge in [-0.2, -0.15) is 0 Å². The molecule has 0 atom stereocenters. The maximum atomic E-state index is 12.3. The van der Waals surface area contributed by atoms with E-state index in [9.17, 15) is 9.59 Å². The number of hydrogen-bond acceptors (Lipinski definition) is 6. The van der Waals surface area contributed by atoms with E-state index < -0.39 is 11.6 Å². The molecule has 0 heterocycles. The van der Waals surface area contributed by atoms with Gasteiger partial charge >= 0.3 is 11.9 Å². The van der Waals surface area contributed by atoms with Crippen LogP contribution in [-0.2, 0) is 14.3 Å². The quantitative estimate of drug-likeness (QED) is 0.614. The minimum atomic E-state index is -0.570. The third-order valence-electron chi connectivity index (χ3n) is 2.91. The first-order valence-corrected chi connectivity index (χ1v) is 7.52. The predicted molar refractivity (Wildman–Crippen MR) is 87.9 cm³/mol. The van der Waals surface area contributed by atoms with Gasteiger partial charge in [-0.1, -0.05) is 6.07 Å². The molecule has 23 heavy (non-hydrogen) atoms. The number of anilines is 1. The Balaban J connectivity index is 2.80. The fraction of sp³-hybridized carbons (Fsp3) is 0.529. The van der Waals surface area contributed by atoms with Crippen molar-refractivity contribution in [3.63, 3.8) is 0 Å². The largest absolute Gasteiger partial charge is 0.491 e. The van der Waals surface area contributed by atoms with Crippen molar-refractivity contribution in [2.75, 3.05) is 26.1 Å². The predicted octanol–water partition coefficient (Wildman–Crippen LogP) is 3.02. The Labute approximate surface area is 137 Å². The van der Waals surface area contributed by atoms with E-state index in [4.69, 9.17) is 9.47 Å². The Morgan fingerprint density at radius 2 is 1.91 bits per heavy atom. The summed E-state index contributed by atoms with van der Waals surface area (Å²) in [6.07, 6.45) is 0.823. The summed E-state index contributed by atoms with van der Waals surface area (Å²) < 4.78 is 15.6. The lowest BCUT2D eigenvalue weighted by Gasteiger charge is -2.21. The van der Waals surface area contributed by atoms with Crippen LogP contribution in [0.4, 0.5) is 5.69 Å². The summed E-state index contributed by atoms with van der Waals surface area (Å²) in [6.45, 7) is 5.80. The first kappa shape index (κ1) is 18.8. The van der Waals surface area contributed by atoms with Gasteiger partial charge in [0.05, 0.1) is 25.0 Å². The van der Waals surface area contributed by atoms with Crippen LogP contribution in [0.3, 0.4) is 0 Å². The summed E-state index contributed by atoms with van der Waals surface area (Å²) in [6, 6.07) is 5.18. The smallest absolute Gasteiger partial charge is 0.340 e. The number of para-hydroxylation sites is 1. The van der Waals surface area contributed by atoms with Crippen LogP contribution in [0.25, 0.3) is 0 Å². The topological polar surface area (TPSA) is 73.9 Å². The van der Waals surface area contributed by atoms with E-state index in [1.165, 1.54) is 7.11 Å². The minimum absolute atomic E-state index is 0.273. The van der Waals surface area contributed by atoms with Crippen LogP contribution >= 0.6 is 0 Å². The number of esters is 2. The highest BCUT2D eigenvalue weighted by Crippen LogP contribution is 2.30. The maximum Gasteiger partial charge on any atom is 0.340 e. The van der Waals surface area contributed by atoms with Crippen molar-refractivity contribution < 1.29 is 23.8 Å². The van der Waals surface area contributed by atoms with Crippen molar-refractivity contribution in [2.45, 2.75) is 39.2 Å². The summed E-state index contributed by atoms with van der Waals surface area (Å²) in [4.78, 5) is 23.3. The van der Waals surface area contributed by atoms with E-state index in [1.54, 1.807) is 25.2 Å². The molecule has 0 saturated heterocycles. The fourth-order valence-corrected chi connectivity index (χ4v) is 1.91. The molecule has 6 nitrogen and oxygen atoms in total. The standard InChI is InChI=1S/C17H25NO5/c1-17(2,3)23-16(20)12-8-6-9-13(15(12)18-4)22-11-7-10-14(19)21-5/h6,8-9,18H,7,10-11H2,1-5H3. The molecule has 0 fully saturated rings. The van der Waals surface area contributed by atoms with Gasteiger partial charge in [0.15, 0.2) is 0 Å². The fourth-order valence-electron chi connectivity index (χ4n) is 1.91. The Hall–Kier alpha value is -2.24. The van der Waals surface area contributed by atoms with E-state index in [0.717, 1.165) is 0 Å². The molecule has 0 saturated carbocycles. The van der Waals surface area contributed by atoms with Crippen LogP contribution in [0, 0.1) is 0 Å². The Morgan fingerprint density at radius 1 is 1.22 bits per heavy atom. The van der Waals surface area contributed by atoms with Crippen LogP contribution in [0.15, 0.2) is 18.2 Å². The lowest BCUT2D eigenvalue weighted by Crippen LogP contribution is -2.24. The van der Waals surface area contributed by atoms with Crippen molar-refractivity contribution in [3.8, 4) is 5.75 Å². The molecule has 128 valence electrons. The van der Waals surface area contributed by atoms with Gasteiger partial charge in [0, 0.05) is 13.5 Å². The molecule has 0 amide bonds. The van der Waals surface area contributed by atoms with Crippen molar-refractivity contribution in [1.82, 2.24) is 0 Å². The van der Waals surface area contributed by atoms with Crippen LogP contribution in [0.5, 0.6) is 5.75 Å². The van der Waals surface area contributed by atoms with E-state index in [-0.39, 0.29) is 12.4 Å². The van der Waals surface area contributed by atoms with Gasteiger partial charge in [-0.05, 0) is 39.3 Å². The molecule has 0 spiro atoms. The molecule has 0 unspecified atom stereocenters. The number of rotatable bonds is 7. The molecule has 6 heteroatoms. The average Bonchev–Trinajstić information content (AvgIpc) is 2.49. The Morgan fingerprint density at radius 3 is 2.48 bits per heavy atom. The highest BCUT2D eigenvalue weighted by molar-refractivity contribution is 5.97. The zero-order valence-electron chi connectivity index (χ0n) is 14.4. The number of hydrogen-bond donors (Lipinski definition) is 1. The van der Waals surface area contributed by atoms with E-state index in [2.05, 4.69) is 10.1 Å². The molecule has 1 aromatic carbocycles. The van der Waals surface area contributed by atoms with Crippen molar-refractivity contribution in [1.29, 1.82) is 0 Å². The second-order valence-corrected chi connectivity index (χ2v) is 5.96. The number of methoxy groups -OCH3 is 1. The van der Waals surface area contributed by atoms with Crippen LogP contribution in [-0.4, -0.2) is 38.3 Å². The molecule has 1 N–H and O–H groups in total. The third-order valence-corrected chi connectivity index (χ3v) is 2.91. The molecule has 0 aliphatic heterocycles. The van der Waals surface area contributed by atoms with Crippen molar-refractivity contribution in [2.24, 2.45) is 0 Å². The molecule has 0 aliphatic carbocycles. The number of carbonyl (C=O) groups is 2. The van der Waals surface area contributed by atoms with Gasteiger partial charge in [0.25, 0.3) is 0 Å². The van der Waals surface area contributed by atoms with Gasteiger partial charge in [0.1, 0.15) is 11.4 Å². The number of carbonyl (C=O) groups excluding carboxylic acids is 2. The van der Waals surface area contributed by atoms with Gasteiger partial charge in [0.2, 0.25) is 0 Å². The summed E-state index contributed by atoms with van der Waals surface area (Å²) in [7, 11) is 3.07. The van der Waals surface area contributed by atoms with E-state index >= 15 is 0 Å². The van der Waals surface area contributed by atoms with Crippen LogP contribution < -0.4 is 10.1 Å². The minimum Gasteiger partial charge on any atom is -0.491 e. The molecule has 1 aromatic rings. The van der Waals surface area contributed by atoms with Gasteiger partial charge in [-0.15, -0.1) is 0 Å². The third kappa shape index (κ3) is 6.18. The summed E-state index contributed by atoms with van der Waals surface area (Å²) >= 11 is 0. The zero-order chi connectivity index (χ0) is 17.5. The van der Waals surface area contributed by atoms with Gasteiger partial charge in [-0.3, -0.25) is 4.79 Å². The first-order chi connectivity index (χ1) is 10.8. The molecule has 0 aliphatic rings. The van der Waals surface area contributed by atoms with Crippen molar-refractivity contribution in [3.05, 3.63) is 23.8 Å². The normalized spacial score (nSPS) is 10.8. The average molecular weight is 323 g/mol. The molecular weight excluding hydrogens is 298 g/mol. The summed E-state index contributed by atoms with van der Waals surface area (Å²) in [5.74, 6) is -0.146. The molecular formula is C17H25NO5. The van der Waals surface area contributed by atoms with Crippen LogP contribution in [0.1, 0.15) is 44.0 Å². The summed E-state index contributed by atoms with van der Waals surface area (Å²) in [5.41, 5.74) is 0.409. The monoisotopic (exact) mass is 323 g/mol. The number of nitrogens with one attached hydrogen (secondary N) is 1. The SMILES string of the molecule is CNc1c(OCCCC(=O)OC)cccc1C(=O)OC(C)(C)C. The lowest BCUT2D eigenvalue weighted by molar-refractivity contribution is -0.140. The lowest BCUT2D eigenvalue weighted by atomic mass is 10.1. The molecule has 0 aromatic heterocycles.